The molecule has 2 aromatic rings. The van der Waals surface area contributed by atoms with E-state index in [9.17, 15) is 4.79 Å². The van der Waals surface area contributed by atoms with Crippen LogP contribution in [0.25, 0.3) is 0 Å². The molecule has 0 aliphatic heterocycles. The number of hydrogen-bond donors (Lipinski definition) is 2. The Morgan fingerprint density at radius 1 is 1.16 bits per heavy atom. The minimum atomic E-state index is -0.471. The molecule has 0 bridgehead atoms. The number of nitrogens with one attached hydrogen (secondary N) is 1. The molecule has 2 rings (SSSR count). The number of carbonyl (C=O) groups is 1. The summed E-state index contributed by atoms with van der Waals surface area (Å²) in [6.45, 7) is 5.74. The first-order valence-corrected chi connectivity index (χ1v) is 6.09. The van der Waals surface area contributed by atoms with Gasteiger partial charge in [0, 0.05) is 11.4 Å². The fourth-order valence-electron chi connectivity index (χ4n) is 2.08. The smallest absolute Gasteiger partial charge is 0.252 e. The minimum Gasteiger partial charge on any atom is -0.365 e. The summed E-state index contributed by atoms with van der Waals surface area (Å²) in [5, 5.41) is 3.19. The number of rotatable bonds is 3. The van der Waals surface area contributed by atoms with E-state index in [0.29, 0.717) is 11.4 Å². The number of amides is 1. The van der Waals surface area contributed by atoms with Crippen LogP contribution in [0.5, 0.6) is 0 Å². The molecule has 4 nitrogen and oxygen atoms in total. The van der Waals surface area contributed by atoms with Gasteiger partial charge < -0.3 is 11.1 Å². The molecule has 0 spiro atoms. The van der Waals surface area contributed by atoms with Crippen LogP contribution < -0.4 is 11.1 Å². The summed E-state index contributed by atoms with van der Waals surface area (Å²) < 4.78 is 0. The Labute approximate surface area is 112 Å². The predicted molar refractivity (Wildman–Crippen MR) is 76.7 cm³/mol. The van der Waals surface area contributed by atoms with Gasteiger partial charge in [-0.15, -0.1) is 0 Å². The molecular weight excluding hydrogens is 238 g/mol. The van der Waals surface area contributed by atoms with Gasteiger partial charge in [0.05, 0.1) is 5.56 Å². The number of anilines is 2. The van der Waals surface area contributed by atoms with Crippen molar-refractivity contribution in [3.8, 4) is 0 Å². The van der Waals surface area contributed by atoms with Gasteiger partial charge in [0.15, 0.2) is 0 Å². The number of hydrogen-bond acceptors (Lipinski definition) is 3. The van der Waals surface area contributed by atoms with Crippen LogP contribution in [0.2, 0.25) is 0 Å². The largest absolute Gasteiger partial charge is 0.365 e. The molecule has 0 unspecified atom stereocenters. The molecule has 0 radical (unpaired) electrons. The quantitative estimate of drug-likeness (QED) is 0.886. The van der Waals surface area contributed by atoms with E-state index in [1.165, 1.54) is 0 Å². The van der Waals surface area contributed by atoms with E-state index in [0.717, 1.165) is 22.5 Å². The highest BCUT2D eigenvalue weighted by Gasteiger charge is 2.14. The fourth-order valence-corrected chi connectivity index (χ4v) is 2.08. The SMILES string of the molecule is Cc1cc(C)c(C(N)=O)c(Nc2ccccc2C)n1. The average Bonchev–Trinajstić information content (AvgIpc) is 2.30. The van der Waals surface area contributed by atoms with Gasteiger partial charge in [-0.3, -0.25) is 4.79 Å². The predicted octanol–water partition coefficient (Wildman–Crippen LogP) is 2.85. The molecule has 0 aliphatic carbocycles. The third kappa shape index (κ3) is 2.73. The Balaban J connectivity index is 2.51. The molecule has 0 saturated heterocycles. The Hall–Kier alpha value is -2.36. The number of aryl methyl sites for hydroxylation is 3. The summed E-state index contributed by atoms with van der Waals surface area (Å²) in [4.78, 5) is 16.0. The van der Waals surface area contributed by atoms with Gasteiger partial charge in [0.2, 0.25) is 0 Å². The lowest BCUT2D eigenvalue weighted by atomic mass is 10.1. The minimum absolute atomic E-state index is 0.439. The number of carbonyl (C=O) groups excluding carboxylic acids is 1. The van der Waals surface area contributed by atoms with Crippen LogP contribution in [0.3, 0.4) is 0 Å². The highest BCUT2D eigenvalue weighted by molar-refractivity contribution is 5.99. The second kappa shape index (κ2) is 5.10. The molecule has 1 amide bonds. The van der Waals surface area contributed by atoms with E-state index in [4.69, 9.17) is 5.73 Å². The maximum Gasteiger partial charge on any atom is 0.252 e. The van der Waals surface area contributed by atoms with Gasteiger partial charge in [0.1, 0.15) is 5.82 Å². The first-order chi connectivity index (χ1) is 8.99. The number of pyridine rings is 1. The van der Waals surface area contributed by atoms with E-state index in [1.54, 1.807) is 0 Å². The molecule has 19 heavy (non-hydrogen) atoms. The van der Waals surface area contributed by atoms with Crippen molar-refractivity contribution in [3.05, 3.63) is 52.7 Å². The van der Waals surface area contributed by atoms with Gasteiger partial charge in [-0.2, -0.15) is 0 Å². The molecule has 98 valence electrons. The van der Waals surface area contributed by atoms with Crippen LogP contribution in [0.4, 0.5) is 11.5 Å². The molecule has 1 aromatic carbocycles. The molecule has 0 saturated carbocycles. The summed E-state index contributed by atoms with van der Waals surface area (Å²) >= 11 is 0. The summed E-state index contributed by atoms with van der Waals surface area (Å²) in [6, 6.07) is 9.68. The zero-order valence-corrected chi connectivity index (χ0v) is 11.3. The van der Waals surface area contributed by atoms with E-state index in [-0.39, 0.29) is 0 Å². The molecular formula is C15H17N3O. The lowest BCUT2D eigenvalue weighted by Gasteiger charge is -2.14. The van der Waals surface area contributed by atoms with Gasteiger partial charge in [0.25, 0.3) is 5.91 Å². The Bertz CT molecular complexity index is 635. The lowest BCUT2D eigenvalue weighted by Crippen LogP contribution is -2.16. The van der Waals surface area contributed by atoms with Crippen molar-refractivity contribution in [3.63, 3.8) is 0 Å². The lowest BCUT2D eigenvalue weighted by molar-refractivity contribution is 0.100. The topological polar surface area (TPSA) is 68.0 Å². The zero-order chi connectivity index (χ0) is 14.0. The fraction of sp³-hybridized carbons (Fsp3) is 0.200. The molecule has 1 heterocycles. The number of aromatic nitrogens is 1. The highest BCUT2D eigenvalue weighted by Crippen LogP contribution is 2.24. The summed E-state index contributed by atoms with van der Waals surface area (Å²) in [5.41, 5.74) is 9.55. The van der Waals surface area contributed by atoms with E-state index < -0.39 is 5.91 Å². The molecule has 3 N–H and O–H groups in total. The molecule has 0 aliphatic rings. The summed E-state index contributed by atoms with van der Waals surface area (Å²) in [6.07, 6.45) is 0. The standard InChI is InChI=1S/C15H17N3O/c1-9-6-4-5-7-12(9)18-15-13(14(16)19)10(2)8-11(3)17-15/h4-8H,1-3H3,(H2,16,19)(H,17,18). The van der Waals surface area contributed by atoms with Crippen molar-refractivity contribution in [2.24, 2.45) is 5.73 Å². The van der Waals surface area contributed by atoms with Gasteiger partial charge >= 0.3 is 0 Å². The van der Waals surface area contributed by atoms with Crippen LogP contribution in [0.15, 0.2) is 30.3 Å². The van der Waals surface area contributed by atoms with Gasteiger partial charge in [-0.1, -0.05) is 18.2 Å². The molecule has 0 fully saturated rings. The third-order valence-electron chi connectivity index (χ3n) is 2.99. The van der Waals surface area contributed by atoms with Crippen molar-refractivity contribution >= 4 is 17.4 Å². The maximum atomic E-state index is 11.6. The van der Waals surface area contributed by atoms with Gasteiger partial charge in [-0.25, -0.2) is 4.98 Å². The first-order valence-electron chi connectivity index (χ1n) is 6.09. The second-order valence-corrected chi connectivity index (χ2v) is 4.61. The van der Waals surface area contributed by atoms with E-state index >= 15 is 0 Å². The molecule has 4 heteroatoms. The molecule has 1 aromatic heterocycles. The van der Waals surface area contributed by atoms with Crippen LogP contribution in [-0.4, -0.2) is 10.9 Å². The number of primary amides is 1. The molecule has 0 atom stereocenters. The highest BCUT2D eigenvalue weighted by atomic mass is 16.1. The number of nitrogens with two attached hydrogens (primary N) is 1. The van der Waals surface area contributed by atoms with Gasteiger partial charge in [-0.05, 0) is 44.0 Å². The monoisotopic (exact) mass is 255 g/mol. The van der Waals surface area contributed by atoms with Crippen molar-refractivity contribution in [1.82, 2.24) is 4.98 Å². The summed E-state index contributed by atoms with van der Waals surface area (Å²) in [7, 11) is 0. The Morgan fingerprint density at radius 2 is 1.84 bits per heavy atom. The van der Waals surface area contributed by atoms with Crippen molar-refractivity contribution in [2.45, 2.75) is 20.8 Å². The normalized spacial score (nSPS) is 10.3. The summed E-state index contributed by atoms with van der Waals surface area (Å²) in [5.74, 6) is 0.0420. The van der Waals surface area contributed by atoms with Crippen LogP contribution in [0, 0.1) is 20.8 Å². The van der Waals surface area contributed by atoms with Crippen molar-refractivity contribution < 1.29 is 4.79 Å². The second-order valence-electron chi connectivity index (χ2n) is 4.61. The number of para-hydroxylation sites is 1. The van der Waals surface area contributed by atoms with E-state index in [2.05, 4.69) is 10.3 Å². The van der Waals surface area contributed by atoms with Crippen molar-refractivity contribution in [1.29, 1.82) is 0 Å². The Morgan fingerprint density at radius 3 is 2.47 bits per heavy atom. The average molecular weight is 255 g/mol. The number of benzene rings is 1. The first kappa shape index (κ1) is 13.1. The number of nitrogens with zero attached hydrogens (tertiary/aromatic N) is 1. The van der Waals surface area contributed by atoms with Crippen molar-refractivity contribution in [2.75, 3.05) is 5.32 Å². The zero-order valence-electron chi connectivity index (χ0n) is 11.3. The van der Waals surface area contributed by atoms with Crippen LogP contribution in [-0.2, 0) is 0 Å². The maximum absolute atomic E-state index is 11.6. The van der Waals surface area contributed by atoms with Crippen LogP contribution in [0.1, 0.15) is 27.2 Å². The van der Waals surface area contributed by atoms with E-state index in [1.807, 2.05) is 51.1 Å². The third-order valence-corrected chi connectivity index (χ3v) is 2.99. The van der Waals surface area contributed by atoms with Crippen LogP contribution >= 0.6 is 0 Å². The Kier molecular flexibility index (Phi) is 3.51.